The third-order valence-electron chi connectivity index (χ3n) is 2.76. The Morgan fingerprint density at radius 3 is 2.64 bits per heavy atom. The van der Waals surface area contributed by atoms with Gasteiger partial charge in [-0.05, 0) is 17.7 Å². The second kappa shape index (κ2) is 8.31. The van der Waals surface area contributed by atoms with Gasteiger partial charge in [0, 0.05) is 0 Å². The summed E-state index contributed by atoms with van der Waals surface area (Å²) in [6, 6.07) is 3.12. The van der Waals surface area contributed by atoms with E-state index in [2.05, 4.69) is 20.9 Å². The number of ether oxygens (including phenoxy) is 1. The Morgan fingerprint density at radius 1 is 1.36 bits per heavy atom. The average molecular weight is 387 g/mol. The number of nitrogens with one attached hydrogen (secondary N) is 4. The number of benzene rings is 1. The molecule has 0 radical (unpaired) electrons. The van der Waals surface area contributed by atoms with Crippen molar-refractivity contribution < 1.29 is 9.53 Å². The molecule has 2 aromatic rings. The third kappa shape index (κ3) is 5.06. The first kappa shape index (κ1) is 18.5. The number of amides is 1. The first-order valence-corrected chi connectivity index (χ1v) is 7.44. The summed E-state index contributed by atoms with van der Waals surface area (Å²) in [6.45, 7) is -0.288. The molecule has 1 aromatic heterocycles. The monoisotopic (exact) mass is 386 g/mol. The second-order valence-electron chi connectivity index (χ2n) is 4.52. The quantitative estimate of drug-likeness (QED) is 0.416. The van der Waals surface area contributed by atoms with Gasteiger partial charge in [0.15, 0.2) is 5.75 Å². The van der Waals surface area contributed by atoms with Crippen LogP contribution in [0.3, 0.4) is 0 Å². The SMILES string of the molecule is COc1c(Cl)cc(/C=N/NC(=O)CNc2n[nH]c(=O)[nH]c2=O)cc1Cl. The Morgan fingerprint density at radius 2 is 2.04 bits per heavy atom. The molecular formula is C13H12Cl2N6O4. The van der Waals surface area contributed by atoms with Crippen LogP contribution in [0.25, 0.3) is 0 Å². The van der Waals surface area contributed by atoms with Crippen LogP contribution in [-0.2, 0) is 4.79 Å². The van der Waals surface area contributed by atoms with E-state index in [-0.39, 0.29) is 12.4 Å². The molecule has 0 aliphatic heterocycles. The summed E-state index contributed by atoms with van der Waals surface area (Å²) in [6.07, 6.45) is 1.33. The second-order valence-corrected chi connectivity index (χ2v) is 5.33. The minimum absolute atomic E-state index is 0.201. The molecule has 25 heavy (non-hydrogen) atoms. The molecule has 1 aromatic carbocycles. The van der Waals surface area contributed by atoms with Crippen LogP contribution < -0.4 is 26.7 Å². The van der Waals surface area contributed by atoms with Crippen molar-refractivity contribution in [1.82, 2.24) is 20.6 Å². The van der Waals surface area contributed by atoms with Crippen molar-refractivity contribution in [3.63, 3.8) is 0 Å². The van der Waals surface area contributed by atoms with Crippen molar-refractivity contribution >= 4 is 41.1 Å². The van der Waals surface area contributed by atoms with Crippen LogP contribution in [0.15, 0.2) is 26.8 Å². The zero-order chi connectivity index (χ0) is 18.4. The van der Waals surface area contributed by atoms with E-state index < -0.39 is 17.2 Å². The number of H-pyrrole nitrogens is 2. The van der Waals surface area contributed by atoms with Gasteiger partial charge in [0.05, 0.1) is 29.9 Å². The van der Waals surface area contributed by atoms with Crippen LogP contribution in [0.5, 0.6) is 5.75 Å². The lowest BCUT2D eigenvalue weighted by atomic mass is 10.2. The van der Waals surface area contributed by atoms with Gasteiger partial charge in [0.1, 0.15) is 0 Å². The van der Waals surface area contributed by atoms with Gasteiger partial charge in [-0.2, -0.15) is 5.10 Å². The maximum Gasteiger partial charge on any atom is 0.342 e. The van der Waals surface area contributed by atoms with E-state index >= 15 is 0 Å². The van der Waals surface area contributed by atoms with Crippen molar-refractivity contribution in [3.8, 4) is 5.75 Å². The number of methoxy groups -OCH3 is 1. The van der Waals surface area contributed by atoms with Gasteiger partial charge in [0.2, 0.25) is 5.82 Å². The molecule has 10 nitrogen and oxygen atoms in total. The van der Waals surface area contributed by atoms with Gasteiger partial charge in [-0.1, -0.05) is 23.2 Å². The number of rotatable bonds is 6. The van der Waals surface area contributed by atoms with E-state index in [1.165, 1.54) is 13.3 Å². The van der Waals surface area contributed by atoms with Gasteiger partial charge in [-0.15, -0.1) is 5.10 Å². The van der Waals surface area contributed by atoms with Crippen LogP contribution in [-0.4, -0.2) is 41.0 Å². The third-order valence-corrected chi connectivity index (χ3v) is 3.32. The molecule has 0 fully saturated rings. The molecule has 0 aliphatic rings. The standard InChI is InChI=1S/C13H12Cl2N6O4/c1-25-10-7(14)2-6(3-8(10)15)4-17-19-9(22)5-16-11-12(23)18-13(24)21-20-11/h2-4H,5H2,1H3,(H,16,20)(H,19,22)(H2,18,21,23,24)/b17-4+. The highest BCUT2D eigenvalue weighted by Crippen LogP contribution is 2.33. The van der Waals surface area contributed by atoms with Crippen molar-refractivity contribution in [2.24, 2.45) is 5.10 Å². The summed E-state index contributed by atoms with van der Waals surface area (Å²) in [4.78, 5) is 35.8. The number of carbonyl (C=O) groups is 1. The first-order chi connectivity index (χ1) is 11.9. The highest BCUT2D eigenvalue weighted by Gasteiger charge is 2.08. The number of hydrogen-bond acceptors (Lipinski definition) is 7. The van der Waals surface area contributed by atoms with Gasteiger partial charge >= 0.3 is 5.69 Å². The van der Waals surface area contributed by atoms with Crippen LogP contribution >= 0.6 is 23.2 Å². The summed E-state index contributed by atoms with van der Waals surface area (Å²) in [7, 11) is 1.44. The van der Waals surface area contributed by atoms with Gasteiger partial charge in [0.25, 0.3) is 11.5 Å². The summed E-state index contributed by atoms with van der Waals surface area (Å²) in [5.74, 6) is -0.408. The number of halogens is 2. The molecule has 4 N–H and O–H groups in total. The first-order valence-electron chi connectivity index (χ1n) is 6.68. The Hall–Kier alpha value is -2.85. The zero-order valence-electron chi connectivity index (χ0n) is 12.7. The lowest BCUT2D eigenvalue weighted by Gasteiger charge is -2.06. The molecule has 0 aliphatic carbocycles. The number of aromatic amines is 2. The van der Waals surface area contributed by atoms with E-state index in [9.17, 15) is 14.4 Å². The Balaban J connectivity index is 1.92. The van der Waals surface area contributed by atoms with Crippen molar-refractivity contribution in [2.75, 3.05) is 19.0 Å². The van der Waals surface area contributed by atoms with Crippen LogP contribution in [0.4, 0.5) is 5.82 Å². The van der Waals surface area contributed by atoms with Gasteiger partial charge < -0.3 is 10.1 Å². The number of nitrogens with zero attached hydrogens (tertiary/aromatic N) is 2. The summed E-state index contributed by atoms with van der Waals surface area (Å²) >= 11 is 12.0. The molecule has 132 valence electrons. The fourth-order valence-electron chi connectivity index (χ4n) is 1.70. The molecule has 0 unspecified atom stereocenters. The molecule has 0 spiro atoms. The Bertz CT molecular complexity index is 900. The van der Waals surface area contributed by atoms with E-state index in [4.69, 9.17) is 27.9 Å². The maximum atomic E-state index is 11.6. The van der Waals surface area contributed by atoms with Crippen LogP contribution in [0, 0.1) is 0 Å². The molecule has 12 heteroatoms. The highest BCUT2D eigenvalue weighted by molar-refractivity contribution is 6.37. The number of aromatic nitrogens is 3. The smallest absolute Gasteiger partial charge is 0.342 e. The lowest BCUT2D eigenvalue weighted by Crippen LogP contribution is -2.31. The minimum atomic E-state index is -0.749. The molecular weight excluding hydrogens is 375 g/mol. The normalized spacial score (nSPS) is 10.7. The topological polar surface area (TPSA) is 141 Å². The fraction of sp³-hybridized carbons (Fsp3) is 0.154. The molecule has 0 saturated heterocycles. The molecule has 1 amide bonds. The molecule has 0 atom stereocenters. The van der Waals surface area contributed by atoms with E-state index in [1.807, 2.05) is 10.1 Å². The number of hydrazone groups is 1. The van der Waals surface area contributed by atoms with Gasteiger partial charge in [-0.25, -0.2) is 15.3 Å². The van der Waals surface area contributed by atoms with Crippen molar-refractivity contribution in [3.05, 3.63) is 48.6 Å². The number of anilines is 1. The van der Waals surface area contributed by atoms with E-state index in [0.717, 1.165) is 0 Å². The van der Waals surface area contributed by atoms with Crippen LogP contribution in [0.2, 0.25) is 10.0 Å². The Kier molecular flexibility index (Phi) is 6.14. The van der Waals surface area contributed by atoms with Crippen molar-refractivity contribution in [2.45, 2.75) is 0 Å². The largest absolute Gasteiger partial charge is 0.494 e. The maximum absolute atomic E-state index is 11.6. The molecule has 0 saturated carbocycles. The lowest BCUT2D eigenvalue weighted by molar-refractivity contribution is -0.119. The number of carbonyl (C=O) groups excluding carboxylic acids is 1. The van der Waals surface area contributed by atoms with E-state index in [0.29, 0.717) is 21.4 Å². The molecule has 2 rings (SSSR count). The minimum Gasteiger partial charge on any atom is -0.494 e. The Labute approximate surface area is 150 Å². The highest BCUT2D eigenvalue weighted by atomic mass is 35.5. The number of hydrogen-bond donors (Lipinski definition) is 4. The average Bonchev–Trinajstić information content (AvgIpc) is 2.54. The molecule has 1 heterocycles. The van der Waals surface area contributed by atoms with E-state index in [1.54, 1.807) is 12.1 Å². The summed E-state index contributed by atoms with van der Waals surface area (Å²) in [5, 5.41) is 12.3. The summed E-state index contributed by atoms with van der Waals surface area (Å²) < 4.78 is 5.02. The zero-order valence-corrected chi connectivity index (χ0v) is 14.2. The predicted molar refractivity (Wildman–Crippen MR) is 92.7 cm³/mol. The van der Waals surface area contributed by atoms with Crippen LogP contribution in [0.1, 0.15) is 5.56 Å². The van der Waals surface area contributed by atoms with Gasteiger partial charge in [-0.3, -0.25) is 14.6 Å². The predicted octanol–water partition coefficient (Wildman–Crippen LogP) is 0.336. The fourth-order valence-corrected chi connectivity index (χ4v) is 2.36. The summed E-state index contributed by atoms with van der Waals surface area (Å²) in [5.41, 5.74) is 1.29. The van der Waals surface area contributed by atoms with Crippen molar-refractivity contribution in [1.29, 1.82) is 0 Å². The molecule has 0 bridgehead atoms.